The Kier molecular flexibility index (Phi) is 4.24. The van der Waals surface area contributed by atoms with Gasteiger partial charge in [-0.2, -0.15) is 0 Å². The van der Waals surface area contributed by atoms with Gasteiger partial charge >= 0.3 is 0 Å². The van der Waals surface area contributed by atoms with Gasteiger partial charge < -0.3 is 15.0 Å². The lowest BCUT2D eigenvalue weighted by atomic mass is 10.0. The summed E-state index contributed by atoms with van der Waals surface area (Å²) in [6, 6.07) is 7.79. The first-order valence-electron chi connectivity index (χ1n) is 7.14. The van der Waals surface area contributed by atoms with Crippen molar-refractivity contribution in [2.45, 2.75) is 25.0 Å². The predicted octanol–water partition coefficient (Wildman–Crippen LogP) is 1.99. The molecular weight excluding hydrogens is 276 g/mol. The molecule has 0 radical (unpaired) electrons. The SMILES string of the molecule is O=C(C1CCCO1)N1CCNCC1c1cccc(Cl)c1. The van der Waals surface area contributed by atoms with Gasteiger partial charge in [0.1, 0.15) is 6.10 Å². The smallest absolute Gasteiger partial charge is 0.252 e. The average molecular weight is 295 g/mol. The molecule has 1 aromatic carbocycles. The van der Waals surface area contributed by atoms with Gasteiger partial charge in [-0.15, -0.1) is 0 Å². The second-order valence-electron chi connectivity index (χ2n) is 5.31. The Morgan fingerprint density at radius 3 is 3.10 bits per heavy atom. The van der Waals surface area contributed by atoms with E-state index in [9.17, 15) is 4.79 Å². The van der Waals surface area contributed by atoms with Crippen molar-refractivity contribution in [3.8, 4) is 0 Å². The third-order valence-corrected chi connectivity index (χ3v) is 4.20. The molecule has 0 spiro atoms. The maximum atomic E-state index is 12.6. The van der Waals surface area contributed by atoms with Crippen LogP contribution in [0.2, 0.25) is 5.02 Å². The van der Waals surface area contributed by atoms with Crippen molar-refractivity contribution >= 4 is 17.5 Å². The zero-order valence-electron chi connectivity index (χ0n) is 11.3. The van der Waals surface area contributed by atoms with Crippen molar-refractivity contribution in [2.75, 3.05) is 26.2 Å². The molecule has 4 nitrogen and oxygen atoms in total. The number of benzene rings is 1. The fourth-order valence-corrected chi connectivity index (χ4v) is 3.14. The number of halogens is 1. The van der Waals surface area contributed by atoms with Crippen molar-refractivity contribution in [3.05, 3.63) is 34.9 Å². The van der Waals surface area contributed by atoms with Crippen LogP contribution < -0.4 is 5.32 Å². The summed E-state index contributed by atoms with van der Waals surface area (Å²) in [5, 5.41) is 4.06. The van der Waals surface area contributed by atoms with E-state index < -0.39 is 0 Å². The molecule has 0 aromatic heterocycles. The minimum atomic E-state index is -0.255. The van der Waals surface area contributed by atoms with E-state index in [0.717, 1.165) is 38.0 Å². The minimum absolute atomic E-state index is 0.0409. The van der Waals surface area contributed by atoms with E-state index in [2.05, 4.69) is 5.32 Å². The normalized spacial score (nSPS) is 26.8. The van der Waals surface area contributed by atoms with Gasteiger partial charge in [0.05, 0.1) is 6.04 Å². The highest BCUT2D eigenvalue weighted by Crippen LogP contribution is 2.27. The molecular formula is C15H19ClN2O2. The van der Waals surface area contributed by atoms with E-state index in [0.29, 0.717) is 11.6 Å². The van der Waals surface area contributed by atoms with Crippen molar-refractivity contribution in [1.29, 1.82) is 0 Å². The number of nitrogens with one attached hydrogen (secondary N) is 1. The minimum Gasteiger partial charge on any atom is -0.368 e. The molecule has 20 heavy (non-hydrogen) atoms. The second-order valence-corrected chi connectivity index (χ2v) is 5.74. The van der Waals surface area contributed by atoms with Gasteiger partial charge in [0.2, 0.25) is 0 Å². The topological polar surface area (TPSA) is 41.6 Å². The van der Waals surface area contributed by atoms with Crippen LogP contribution in [0.5, 0.6) is 0 Å². The molecule has 108 valence electrons. The van der Waals surface area contributed by atoms with E-state index in [-0.39, 0.29) is 18.1 Å². The molecule has 0 saturated carbocycles. The molecule has 3 rings (SSSR count). The molecule has 1 aromatic rings. The third-order valence-electron chi connectivity index (χ3n) is 3.97. The molecule has 2 fully saturated rings. The van der Waals surface area contributed by atoms with E-state index in [1.54, 1.807) is 0 Å². The Labute approximate surface area is 124 Å². The van der Waals surface area contributed by atoms with Crippen LogP contribution >= 0.6 is 11.6 Å². The van der Waals surface area contributed by atoms with Crippen molar-refractivity contribution in [1.82, 2.24) is 10.2 Å². The first-order chi connectivity index (χ1) is 9.75. The number of nitrogens with zero attached hydrogens (tertiary/aromatic N) is 1. The average Bonchev–Trinajstić information content (AvgIpc) is 3.01. The van der Waals surface area contributed by atoms with Gasteiger partial charge in [0, 0.05) is 31.3 Å². The van der Waals surface area contributed by atoms with Crippen LogP contribution in [-0.4, -0.2) is 43.2 Å². The maximum absolute atomic E-state index is 12.6. The zero-order chi connectivity index (χ0) is 13.9. The number of amides is 1. The number of carbonyl (C=O) groups is 1. The van der Waals surface area contributed by atoms with E-state index >= 15 is 0 Å². The first kappa shape index (κ1) is 13.9. The van der Waals surface area contributed by atoms with Crippen LogP contribution in [0.1, 0.15) is 24.4 Å². The van der Waals surface area contributed by atoms with Gasteiger partial charge in [0.25, 0.3) is 5.91 Å². The summed E-state index contributed by atoms with van der Waals surface area (Å²) in [7, 11) is 0. The van der Waals surface area contributed by atoms with E-state index in [1.165, 1.54) is 0 Å². The summed E-state index contributed by atoms with van der Waals surface area (Å²) in [5.74, 6) is 0.119. The molecule has 0 bridgehead atoms. The van der Waals surface area contributed by atoms with Gasteiger partial charge in [0.15, 0.2) is 0 Å². The Bertz CT molecular complexity index is 489. The molecule has 1 N–H and O–H groups in total. The standard InChI is InChI=1S/C15H19ClN2O2/c16-12-4-1-3-11(9-12)13-10-17-6-7-18(13)15(19)14-5-2-8-20-14/h1,3-4,9,13-14,17H,2,5-8,10H2. The van der Waals surface area contributed by atoms with Gasteiger partial charge in [-0.25, -0.2) is 0 Å². The van der Waals surface area contributed by atoms with Crippen LogP contribution in [-0.2, 0) is 9.53 Å². The summed E-state index contributed by atoms with van der Waals surface area (Å²) >= 11 is 6.07. The highest BCUT2D eigenvalue weighted by molar-refractivity contribution is 6.30. The molecule has 2 atom stereocenters. The summed E-state index contributed by atoms with van der Waals surface area (Å²) in [6.45, 7) is 3.01. The van der Waals surface area contributed by atoms with Crippen molar-refractivity contribution < 1.29 is 9.53 Å². The number of rotatable bonds is 2. The summed E-state index contributed by atoms with van der Waals surface area (Å²) in [6.07, 6.45) is 1.56. The summed E-state index contributed by atoms with van der Waals surface area (Å²) < 4.78 is 5.54. The predicted molar refractivity (Wildman–Crippen MR) is 77.7 cm³/mol. The summed E-state index contributed by atoms with van der Waals surface area (Å²) in [5.41, 5.74) is 1.08. The number of hydrogen-bond acceptors (Lipinski definition) is 3. The lowest BCUT2D eigenvalue weighted by Gasteiger charge is -2.37. The highest BCUT2D eigenvalue weighted by Gasteiger charge is 2.34. The number of carbonyl (C=O) groups excluding carboxylic acids is 1. The van der Waals surface area contributed by atoms with Gasteiger partial charge in [-0.3, -0.25) is 4.79 Å². The van der Waals surface area contributed by atoms with Crippen molar-refractivity contribution in [3.63, 3.8) is 0 Å². The first-order valence-corrected chi connectivity index (χ1v) is 7.52. The Hall–Kier alpha value is -1.10. The van der Waals surface area contributed by atoms with Crippen molar-refractivity contribution in [2.24, 2.45) is 0 Å². The molecule has 2 heterocycles. The number of ether oxygens (including phenoxy) is 1. The van der Waals surface area contributed by atoms with E-state index in [1.807, 2.05) is 29.2 Å². The Balaban J connectivity index is 1.81. The monoisotopic (exact) mass is 294 g/mol. The van der Waals surface area contributed by atoms with Gasteiger partial charge in [-0.05, 0) is 30.5 Å². The summed E-state index contributed by atoms with van der Waals surface area (Å²) in [4.78, 5) is 14.6. The second kappa shape index (κ2) is 6.12. The number of piperazine rings is 1. The molecule has 2 aliphatic rings. The lowest BCUT2D eigenvalue weighted by Crippen LogP contribution is -2.51. The highest BCUT2D eigenvalue weighted by atomic mass is 35.5. The molecule has 5 heteroatoms. The fourth-order valence-electron chi connectivity index (χ4n) is 2.94. The van der Waals surface area contributed by atoms with Crippen LogP contribution in [0, 0.1) is 0 Å². The van der Waals surface area contributed by atoms with Gasteiger partial charge in [-0.1, -0.05) is 23.7 Å². The molecule has 2 saturated heterocycles. The third kappa shape index (κ3) is 2.82. The molecule has 0 aliphatic carbocycles. The largest absolute Gasteiger partial charge is 0.368 e. The quantitative estimate of drug-likeness (QED) is 0.907. The Morgan fingerprint density at radius 2 is 2.35 bits per heavy atom. The van der Waals surface area contributed by atoms with Crippen LogP contribution in [0.3, 0.4) is 0 Å². The van der Waals surface area contributed by atoms with Crippen LogP contribution in [0.4, 0.5) is 0 Å². The number of hydrogen-bond donors (Lipinski definition) is 1. The zero-order valence-corrected chi connectivity index (χ0v) is 12.1. The van der Waals surface area contributed by atoms with E-state index in [4.69, 9.17) is 16.3 Å². The van der Waals surface area contributed by atoms with Crippen LogP contribution in [0.15, 0.2) is 24.3 Å². The molecule has 2 aliphatic heterocycles. The maximum Gasteiger partial charge on any atom is 0.252 e. The van der Waals surface area contributed by atoms with Crippen LogP contribution in [0.25, 0.3) is 0 Å². The lowest BCUT2D eigenvalue weighted by molar-refractivity contribution is -0.144. The Morgan fingerprint density at radius 1 is 1.45 bits per heavy atom. The fraction of sp³-hybridized carbons (Fsp3) is 0.533. The molecule has 1 amide bonds. The molecule has 2 unspecified atom stereocenters.